The van der Waals surface area contributed by atoms with Crippen molar-refractivity contribution < 1.29 is 40.3 Å². The summed E-state index contributed by atoms with van der Waals surface area (Å²) >= 11 is 0. The van der Waals surface area contributed by atoms with Gasteiger partial charge in [-0.05, 0) is 26.0 Å². The first-order valence-corrected chi connectivity index (χ1v) is 5.95. The van der Waals surface area contributed by atoms with Gasteiger partial charge in [0.1, 0.15) is 5.75 Å². The maximum atomic E-state index is 13.4. The average Bonchev–Trinajstić information content (AvgIpc) is 2.36. The minimum atomic E-state index is -6.57. The van der Waals surface area contributed by atoms with Crippen molar-refractivity contribution in [3.8, 4) is 5.75 Å². The molecule has 22 heavy (non-hydrogen) atoms. The Balaban J connectivity index is 3.32. The predicted molar refractivity (Wildman–Crippen MR) is 62.5 cm³/mol. The molecule has 1 rings (SSSR count). The van der Waals surface area contributed by atoms with Crippen LogP contribution in [0.15, 0.2) is 24.3 Å². The molecule has 0 aliphatic rings. The molecule has 0 amide bonds. The molecular formula is C13H11F7O2. The summed E-state index contributed by atoms with van der Waals surface area (Å²) in [6, 6.07) is 4.02. The maximum Gasteiger partial charge on any atom is 0.460 e. The molecule has 0 bridgehead atoms. The van der Waals surface area contributed by atoms with E-state index in [2.05, 4.69) is 0 Å². The Bertz CT molecular complexity index is 550. The first-order valence-electron chi connectivity index (χ1n) is 5.95. The molecule has 1 aromatic carbocycles. The van der Waals surface area contributed by atoms with Crippen molar-refractivity contribution in [2.24, 2.45) is 0 Å². The van der Waals surface area contributed by atoms with Crippen molar-refractivity contribution in [2.75, 3.05) is 0 Å². The van der Waals surface area contributed by atoms with Crippen LogP contribution < -0.4 is 4.74 Å². The van der Waals surface area contributed by atoms with Crippen molar-refractivity contribution in [2.45, 2.75) is 38.0 Å². The van der Waals surface area contributed by atoms with E-state index in [-0.39, 0.29) is 0 Å². The topological polar surface area (TPSA) is 26.3 Å². The Morgan fingerprint density at radius 3 is 1.95 bits per heavy atom. The van der Waals surface area contributed by atoms with E-state index in [1.165, 1.54) is 19.9 Å². The number of carbonyl (C=O) groups is 1. The molecule has 2 nitrogen and oxygen atoms in total. The lowest BCUT2D eigenvalue weighted by molar-refractivity contribution is -0.339. The smallest absolute Gasteiger partial charge is 0.460 e. The summed E-state index contributed by atoms with van der Waals surface area (Å²) in [6.45, 7) is 2.92. The highest BCUT2D eigenvalue weighted by Crippen LogP contribution is 2.48. The van der Waals surface area contributed by atoms with Gasteiger partial charge in [0.05, 0.1) is 11.7 Å². The van der Waals surface area contributed by atoms with Crippen LogP contribution in [-0.2, 0) is 0 Å². The first kappa shape index (κ1) is 18.2. The van der Waals surface area contributed by atoms with Crippen molar-refractivity contribution in [1.82, 2.24) is 0 Å². The Morgan fingerprint density at radius 1 is 1.00 bits per heavy atom. The molecule has 0 heterocycles. The highest BCUT2D eigenvalue weighted by atomic mass is 19.4. The molecule has 0 aromatic heterocycles. The van der Waals surface area contributed by atoms with E-state index < -0.39 is 41.2 Å². The van der Waals surface area contributed by atoms with Crippen LogP contribution in [0.4, 0.5) is 30.7 Å². The Morgan fingerprint density at radius 2 is 1.50 bits per heavy atom. The fourth-order valence-corrected chi connectivity index (χ4v) is 1.50. The van der Waals surface area contributed by atoms with Crippen LogP contribution in [0.1, 0.15) is 24.2 Å². The Hall–Kier alpha value is -1.80. The molecular weight excluding hydrogens is 321 g/mol. The molecule has 9 heteroatoms. The van der Waals surface area contributed by atoms with Gasteiger partial charge in [0, 0.05) is 0 Å². The standard InChI is InChI=1S/C13H11F7O2/c1-7(2)22-9-6-4-3-5-8(9)10(21)11(14,15)12(16,17)13(18,19)20/h3-7H,1-2H3. The second-order valence-electron chi connectivity index (χ2n) is 4.64. The van der Waals surface area contributed by atoms with Gasteiger partial charge in [-0.15, -0.1) is 0 Å². The van der Waals surface area contributed by atoms with E-state index in [1.54, 1.807) is 0 Å². The molecule has 0 N–H and O–H groups in total. The molecule has 0 saturated carbocycles. The van der Waals surface area contributed by atoms with Crippen LogP contribution in [0, 0.1) is 0 Å². The summed E-state index contributed by atoms with van der Waals surface area (Å²) in [5.74, 6) is -15.6. The molecule has 0 unspecified atom stereocenters. The molecule has 124 valence electrons. The second-order valence-corrected chi connectivity index (χ2v) is 4.64. The van der Waals surface area contributed by atoms with Crippen LogP contribution in [-0.4, -0.2) is 29.9 Å². The molecule has 0 fully saturated rings. The molecule has 0 atom stereocenters. The van der Waals surface area contributed by atoms with Crippen LogP contribution >= 0.6 is 0 Å². The van der Waals surface area contributed by atoms with E-state index >= 15 is 0 Å². The minimum Gasteiger partial charge on any atom is -0.490 e. The molecule has 1 aromatic rings. The lowest BCUT2D eigenvalue weighted by atomic mass is 9.99. The Labute approximate surface area is 120 Å². The van der Waals surface area contributed by atoms with Gasteiger partial charge in [-0.2, -0.15) is 30.7 Å². The third kappa shape index (κ3) is 3.17. The fourth-order valence-electron chi connectivity index (χ4n) is 1.50. The van der Waals surface area contributed by atoms with Gasteiger partial charge in [0.15, 0.2) is 0 Å². The average molecular weight is 332 g/mol. The summed E-state index contributed by atoms with van der Waals surface area (Å²) in [5, 5.41) is 0. The third-order valence-electron chi connectivity index (χ3n) is 2.53. The lowest BCUT2D eigenvalue weighted by Crippen LogP contribution is -2.56. The number of ether oxygens (including phenoxy) is 1. The van der Waals surface area contributed by atoms with Crippen LogP contribution in [0.25, 0.3) is 0 Å². The van der Waals surface area contributed by atoms with Crippen molar-refractivity contribution in [1.29, 1.82) is 0 Å². The zero-order valence-electron chi connectivity index (χ0n) is 11.3. The quantitative estimate of drug-likeness (QED) is 0.587. The van der Waals surface area contributed by atoms with Gasteiger partial charge in [-0.1, -0.05) is 12.1 Å². The molecule has 0 saturated heterocycles. The monoisotopic (exact) mass is 332 g/mol. The van der Waals surface area contributed by atoms with E-state index in [0.29, 0.717) is 6.07 Å². The largest absolute Gasteiger partial charge is 0.490 e. The second kappa shape index (κ2) is 5.77. The number of ketones is 1. The van der Waals surface area contributed by atoms with E-state index in [1.807, 2.05) is 0 Å². The summed E-state index contributed by atoms with van der Waals surface area (Å²) < 4.78 is 93.9. The summed E-state index contributed by atoms with van der Waals surface area (Å²) in [6.07, 6.45) is -7.18. The number of rotatable bonds is 5. The summed E-state index contributed by atoms with van der Waals surface area (Å²) in [7, 11) is 0. The number of halogens is 7. The SMILES string of the molecule is CC(C)Oc1ccccc1C(=O)C(F)(F)C(F)(F)C(F)(F)F. The Kier molecular flexibility index (Phi) is 4.79. The predicted octanol–water partition coefficient (Wildman–Crippen LogP) is 4.49. The van der Waals surface area contributed by atoms with Gasteiger partial charge < -0.3 is 4.74 Å². The molecule has 0 aliphatic carbocycles. The molecule has 0 radical (unpaired) electrons. The van der Waals surface area contributed by atoms with Gasteiger partial charge in [-0.3, -0.25) is 4.79 Å². The highest BCUT2D eigenvalue weighted by Gasteiger charge is 2.76. The van der Waals surface area contributed by atoms with Crippen molar-refractivity contribution >= 4 is 5.78 Å². The number of carbonyl (C=O) groups excluding carboxylic acids is 1. The van der Waals surface area contributed by atoms with Crippen molar-refractivity contribution in [3.63, 3.8) is 0 Å². The summed E-state index contributed by atoms with van der Waals surface area (Å²) in [4.78, 5) is 11.6. The third-order valence-corrected chi connectivity index (χ3v) is 2.53. The molecule has 0 spiro atoms. The maximum absolute atomic E-state index is 13.4. The fraction of sp³-hybridized carbons (Fsp3) is 0.462. The van der Waals surface area contributed by atoms with Crippen LogP contribution in [0.5, 0.6) is 5.75 Å². The number of benzene rings is 1. The van der Waals surface area contributed by atoms with E-state index in [4.69, 9.17) is 4.74 Å². The number of hydrogen-bond acceptors (Lipinski definition) is 2. The number of alkyl halides is 7. The van der Waals surface area contributed by atoms with Crippen LogP contribution in [0.2, 0.25) is 0 Å². The highest BCUT2D eigenvalue weighted by molar-refractivity contribution is 6.04. The van der Waals surface area contributed by atoms with E-state index in [0.717, 1.165) is 12.1 Å². The number of hydrogen-bond donors (Lipinski definition) is 0. The summed E-state index contributed by atoms with van der Waals surface area (Å²) in [5.41, 5.74) is -1.05. The van der Waals surface area contributed by atoms with Gasteiger partial charge in [-0.25, -0.2) is 0 Å². The zero-order chi connectivity index (χ0) is 17.3. The van der Waals surface area contributed by atoms with E-state index in [9.17, 15) is 35.5 Å². The normalized spacial score (nSPS) is 13.4. The van der Waals surface area contributed by atoms with Gasteiger partial charge in [0.25, 0.3) is 0 Å². The minimum absolute atomic E-state index is 0.500. The zero-order valence-corrected chi connectivity index (χ0v) is 11.3. The molecule has 0 aliphatic heterocycles. The van der Waals surface area contributed by atoms with Gasteiger partial charge >= 0.3 is 18.0 Å². The van der Waals surface area contributed by atoms with Crippen molar-refractivity contribution in [3.05, 3.63) is 29.8 Å². The van der Waals surface area contributed by atoms with Gasteiger partial charge in [0.2, 0.25) is 5.78 Å². The number of Topliss-reactive ketones (excluding diaryl/α,β-unsaturated/α-hetero) is 1. The lowest BCUT2D eigenvalue weighted by Gasteiger charge is -2.27. The van der Waals surface area contributed by atoms with Crippen LogP contribution in [0.3, 0.4) is 0 Å². The number of para-hydroxylation sites is 1. The first-order chi connectivity index (χ1) is 9.82.